The van der Waals surface area contributed by atoms with Crippen LogP contribution in [-0.4, -0.2) is 21.9 Å². The van der Waals surface area contributed by atoms with Gasteiger partial charge < -0.3 is 0 Å². The van der Waals surface area contributed by atoms with Crippen LogP contribution in [0, 0.1) is 5.82 Å². The van der Waals surface area contributed by atoms with E-state index in [4.69, 9.17) is 11.6 Å². The number of benzene rings is 1. The predicted octanol–water partition coefficient (Wildman–Crippen LogP) is 4.48. The second-order valence-electron chi connectivity index (χ2n) is 4.13. The van der Waals surface area contributed by atoms with Crippen molar-refractivity contribution >= 4 is 45.7 Å². The van der Waals surface area contributed by atoms with E-state index in [2.05, 4.69) is 22.4 Å². The standard InChI is InChI=1S/C13H13ClFN3OS2/c1-2-3-7-20-13-18-17-12(21-13)16-11(19)10-8(14)5-4-6-9(10)15/h4-6H,2-3,7H2,1H3,(H,16,17,19). The fraction of sp³-hybridized carbons (Fsp3) is 0.308. The molecular formula is C13H13ClFN3OS2. The number of halogens is 2. The van der Waals surface area contributed by atoms with Gasteiger partial charge in [0.05, 0.1) is 10.6 Å². The first-order valence-corrected chi connectivity index (χ1v) is 8.51. The third kappa shape index (κ3) is 4.39. The van der Waals surface area contributed by atoms with Gasteiger partial charge in [0.15, 0.2) is 4.34 Å². The minimum Gasteiger partial charge on any atom is -0.296 e. The number of nitrogens with zero attached hydrogens (tertiary/aromatic N) is 2. The molecule has 0 aliphatic carbocycles. The Kier molecular flexibility index (Phi) is 5.96. The third-order valence-electron chi connectivity index (χ3n) is 2.54. The maximum Gasteiger partial charge on any atom is 0.261 e. The highest BCUT2D eigenvalue weighted by molar-refractivity contribution is 8.01. The fourth-order valence-electron chi connectivity index (χ4n) is 1.50. The second kappa shape index (κ2) is 7.72. The van der Waals surface area contributed by atoms with Crippen LogP contribution in [-0.2, 0) is 0 Å². The van der Waals surface area contributed by atoms with Gasteiger partial charge in [-0.15, -0.1) is 10.2 Å². The van der Waals surface area contributed by atoms with E-state index in [0.717, 1.165) is 22.9 Å². The number of amides is 1. The molecule has 1 aromatic heterocycles. The summed E-state index contributed by atoms with van der Waals surface area (Å²) >= 11 is 8.69. The molecular weight excluding hydrogens is 333 g/mol. The van der Waals surface area contributed by atoms with E-state index in [1.807, 2.05) is 0 Å². The fourth-order valence-corrected chi connectivity index (χ4v) is 3.65. The van der Waals surface area contributed by atoms with Crippen LogP contribution in [0.15, 0.2) is 22.5 Å². The lowest BCUT2D eigenvalue weighted by atomic mass is 10.2. The van der Waals surface area contributed by atoms with Crippen molar-refractivity contribution in [2.45, 2.75) is 24.1 Å². The Bertz CT molecular complexity index is 615. The van der Waals surface area contributed by atoms with Crippen LogP contribution < -0.4 is 5.32 Å². The SMILES string of the molecule is CCCCSc1nnc(NC(=O)c2c(F)cccc2Cl)s1. The first-order chi connectivity index (χ1) is 10.1. The summed E-state index contributed by atoms with van der Waals surface area (Å²) in [6.45, 7) is 2.12. The van der Waals surface area contributed by atoms with Crippen molar-refractivity contribution in [2.24, 2.45) is 0 Å². The number of carbonyl (C=O) groups excluding carboxylic acids is 1. The van der Waals surface area contributed by atoms with Crippen molar-refractivity contribution in [3.8, 4) is 0 Å². The molecule has 0 saturated heterocycles. The zero-order valence-corrected chi connectivity index (χ0v) is 13.6. The minimum absolute atomic E-state index is 0.0644. The van der Waals surface area contributed by atoms with Crippen molar-refractivity contribution < 1.29 is 9.18 Å². The predicted molar refractivity (Wildman–Crippen MR) is 84.9 cm³/mol. The minimum atomic E-state index is -0.665. The van der Waals surface area contributed by atoms with Crippen molar-refractivity contribution in [1.82, 2.24) is 10.2 Å². The highest BCUT2D eigenvalue weighted by Gasteiger charge is 2.17. The Morgan fingerprint density at radius 3 is 3.00 bits per heavy atom. The average Bonchev–Trinajstić information content (AvgIpc) is 2.86. The third-order valence-corrected chi connectivity index (χ3v) is 4.91. The maximum absolute atomic E-state index is 13.6. The van der Waals surface area contributed by atoms with Gasteiger partial charge in [-0.2, -0.15) is 0 Å². The van der Waals surface area contributed by atoms with Gasteiger partial charge in [-0.3, -0.25) is 10.1 Å². The van der Waals surface area contributed by atoms with Crippen molar-refractivity contribution in [1.29, 1.82) is 0 Å². The number of unbranched alkanes of at least 4 members (excludes halogenated alkanes) is 1. The summed E-state index contributed by atoms with van der Waals surface area (Å²) in [6, 6.07) is 4.10. The lowest BCUT2D eigenvalue weighted by Crippen LogP contribution is -2.14. The number of aromatic nitrogens is 2. The number of hydrogen-bond acceptors (Lipinski definition) is 5. The van der Waals surface area contributed by atoms with E-state index >= 15 is 0 Å². The van der Waals surface area contributed by atoms with E-state index in [1.165, 1.54) is 29.5 Å². The molecule has 2 aromatic rings. The van der Waals surface area contributed by atoms with Gasteiger partial charge in [-0.05, 0) is 18.6 Å². The summed E-state index contributed by atoms with van der Waals surface area (Å²) in [5, 5.41) is 10.8. The Morgan fingerprint density at radius 2 is 2.29 bits per heavy atom. The molecule has 1 N–H and O–H groups in total. The Hall–Kier alpha value is -1.18. The zero-order chi connectivity index (χ0) is 15.2. The summed E-state index contributed by atoms with van der Waals surface area (Å²) in [6.07, 6.45) is 2.21. The molecule has 1 amide bonds. The summed E-state index contributed by atoms with van der Waals surface area (Å²) in [7, 11) is 0. The van der Waals surface area contributed by atoms with Crippen LogP contribution in [0.2, 0.25) is 5.02 Å². The van der Waals surface area contributed by atoms with E-state index in [9.17, 15) is 9.18 Å². The van der Waals surface area contributed by atoms with E-state index < -0.39 is 11.7 Å². The summed E-state index contributed by atoms with van der Waals surface area (Å²) in [5.74, 6) is -0.334. The molecule has 8 heteroatoms. The largest absolute Gasteiger partial charge is 0.296 e. The molecule has 1 heterocycles. The van der Waals surface area contributed by atoms with Gasteiger partial charge in [0.2, 0.25) is 5.13 Å². The molecule has 4 nitrogen and oxygen atoms in total. The van der Waals surface area contributed by atoms with Crippen molar-refractivity contribution in [2.75, 3.05) is 11.1 Å². The van der Waals surface area contributed by atoms with Crippen LogP contribution in [0.25, 0.3) is 0 Å². The first kappa shape index (κ1) is 16.2. The Balaban J connectivity index is 2.03. The van der Waals surface area contributed by atoms with Crippen LogP contribution in [0.1, 0.15) is 30.1 Å². The zero-order valence-electron chi connectivity index (χ0n) is 11.2. The molecule has 0 aliphatic heterocycles. The van der Waals surface area contributed by atoms with Gasteiger partial charge in [-0.25, -0.2) is 4.39 Å². The lowest BCUT2D eigenvalue weighted by molar-refractivity contribution is 0.102. The molecule has 0 radical (unpaired) electrons. The summed E-state index contributed by atoms with van der Waals surface area (Å²) < 4.78 is 14.4. The van der Waals surface area contributed by atoms with E-state index in [-0.39, 0.29) is 10.6 Å². The molecule has 1 aromatic carbocycles. The van der Waals surface area contributed by atoms with Crippen LogP contribution in [0.5, 0.6) is 0 Å². The molecule has 2 rings (SSSR count). The number of carbonyl (C=O) groups is 1. The number of rotatable bonds is 6. The molecule has 0 aliphatic rings. The number of thioether (sulfide) groups is 1. The quantitative estimate of drug-likeness (QED) is 0.476. The smallest absolute Gasteiger partial charge is 0.261 e. The second-order valence-corrected chi connectivity index (χ2v) is 6.85. The van der Waals surface area contributed by atoms with Crippen LogP contribution in [0.3, 0.4) is 0 Å². The lowest BCUT2D eigenvalue weighted by Gasteiger charge is -2.04. The van der Waals surface area contributed by atoms with Gasteiger partial charge in [0, 0.05) is 5.75 Å². The number of nitrogens with one attached hydrogen (secondary N) is 1. The monoisotopic (exact) mass is 345 g/mol. The molecule has 0 saturated carbocycles. The normalized spacial score (nSPS) is 10.6. The number of anilines is 1. The number of hydrogen-bond donors (Lipinski definition) is 1. The van der Waals surface area contributed by atoms with Gasteiger partial charge in [0.25, 0.3) is 5.91 Å². The topological polar surface area (TPSA) is 54.9 Å². The highest BCUT2D eigenvalue weighted by Crippen LogP contribution is 2.27. The molecule has 112 valence electrons. The van der Waals surface area contributed by atoms with Gasteiger partial charge in [-0.1, -0.05) is 54.1 Å². The van der Waals surface area contributed by atoms with Crippen molar-refractivity contribution in [3.05, 3.63) is 34.6 Å². The summed E-state index contributed by atoms with van der Waals surface area (Å²) in [4.78, 5) is 12.0. The maximum atomic E-state index is 13.6. The Labute approximate surface area is 135 Å². The Morgan fingerprint density at radius 1 is 1.48 bits per heavy atom. The van der Waals surface area contributed by atoms with Crippen LogP contribution >= 0.6 is 34.7 Å². The van der Waals surface area contributed by atoms with Gasteiger partial charge >= 0.3 is 0 Å². The molecule has 0 unspecified atom stereocenters. The highest BCUT2D eigenvalue weighted by atomic mass is 35.5. The molecule has 0 bridgehead atoms. The van der Waals surface area contributed by atoms with Crippen LogP contribution in [0.4, 0.5) is 9.52 Å². The van der Waals surface area contributed by atoms with E-state index in [0.29, 0.717) is 5.13 Å². The molecule has 21 heavy (non-hydrogen) atoms. The first-order valence-electron chi connectivity index (χ1n) is 6.33. The average molecular weight is 346 g/mol. The molecule has 0 atom stereocenters. The van der Waals surface area contributed by atoms with E-state index in [1.54, 1.807) is 11.8 Å². The molecule has 0 fully saturated rings. The molecule has 0 spiro atoms. The van der Waals surface area contributed by atoms with Crippen molar-refractivity contribution in [3.63, 3.8) is 0 Å². The van der Waals surface area contributed by atoms with Gasteiger partial charge in [0.1, 0.15) is 5.82 Å². The summed E-state index contributed by atoms with van der Waals surface area (Å²) in [5.41, 5.74) is -0.186.